The Hall–Kier alpha value is -1.07. The average molecular weight is 344 g/mol. The predicted molar refractivity (Wildman–Crippen MR) is 82.8 cm³/mol. The average Bonchev–Trinajstić information content (AvgIpc) is 2.42. The van der Waals surface area contributed by atoms with E-state index in [4.69, 9.17) is 4.74 Å². The summed E-state index contributed by atoms with van der Waals surface area (Å²) in [5, 5.41) is 12.6. The highest BCUT2D eigenvalue weighted by molar-refractivity contribution is 9.10. The second-order valence-corrected chi connectivity index (χ2v) is 5.64. The van der Waals surface area contributed by atoms with Crippen LogP contribution in [-0.4, -0.2) is 23.7 Å². The maximum absolute atomic E-state index is 11.8. The second kappa shape index (κ2) is 8.27. The Kier molecular flexibility index (Phi) is 7.02. The minimum Gasteiger partial charge on any atom is -0.483 e. The molecule has 4 nitrogen and oxygen atoms in total. The van der Waals surface area contributed by atoms with Crippen molar-refractivity contribution in [2.45, 2.75) is 45.8 Å². The summed E-state index contributed by atoms with van der Waals surface area (Å²) < 4.78 is 6.37. The van der Waals surface area contributed by atoms with E-state index in [1.165, 1.54) is 0 Å². The van der Waals surface area contributed by atoms with Gasteiger partial charge in [0.15, 0.2) is 6.61 Å². The number of aliphatic hydroxyl groups excluding tert-OH is 1. The molecule has 0 saturated heterocycles. The first-order valence-corrected chi connectivity index (χ1v) is 7.66. The molecule has 0 fully saturated rings. The van der Waals surface area contributed by atoms with Gasteiger partial charge in [-0.05, 0) is 31.9 Å². The lowest BCUT2D eigenvalue weighted by molar-refractivity contribution is -0.123. The van der Waals surface area contributed by atoms with E-state index in [-0.39, 0.29) is 18.6 Å². The van der Waals surface area contributed by atoms with E-state index in [9.17, 15) is 9.90 Å². The number of nitrogens with one attached hydrogen (secondary N) is 1. The van der Waals surface area contributed by atoms with Crippen LogP contribution in [0.3, 0.4) is 0 Å². The fourth-order valence-corrected chi connectivity index (χ4v) is 2.22. The highest BCUT2D eigenvalue weighted by Gasteiger charge is 2.13. The van der Waals surface area contributed by atoms with E-state index in [2.05, 4.69) is 21.2 Å². The topological polar surface area (TPSA) is 58.6 Å². The number of carbonyl (C=O) groups is 1. The predicted octanol–water partition coefficient (Wildman–Crippen LogP) is 3.19. The molecule has 0 spiro atoms. The third-order valence-electron chi connectivity index (χ3n) is 3.14. The Bertz CT molecular complexity index is 445. The molecule has 0 aliphatic heterocycles. The van der Waals surface area contributed by atoms with Gasteiger partial charge in [-0.15, -0.1) is 0 Å². The van der Waals surface area contributed by atoms with Gasteiger partial charge in [0, 0.05) is 16.1 Å². The molecule has 0 saturated carbocycles. The van der Waals surface area contributed by atoms with Gasteiger partial charge in [0.1, 0.15) is 5.75 Å². The fraction of sp³-hybridized carbons (Fsp3) is 0.533. The summed E-state index contributed by atoms with van der Waals surface area (Å²) in [7, 11) is 0. The van der Waals surface area contributed by atoms with Gasteiger partial charge in [-0.25, -0.2) is 0 Å². The highest BCUT2D eigenvalue weighted by Crippen LogP contribution is 2.28. The fourth-order valence-electron chi connectivity index (χ4n) is 1.88. The molecule has 0 aliphatic carbocycles. The number of rotatable bonds is 7. The SMILES string of the molecule is CCC(CC)NC(=O)COc1cc(Br)ccc1C(C)O. The molecule has 20 heavy (non-hydrogen) atoms. The normalized spacial score (nSPS) is 12.3. The van der Waals surface area contributed by atoms with Crippen molar-refractivity contribution in [3.8, 4) is 5.75 Å². The molecule has 0 bridgehead atoms. The van der Waals surface area contributed by atoms with Gasteiger partial charge in [0.05, 0.1) is 6.10 Å². The molecule has 2 N–H and O–H groups in total. The zero-order chi connectivity index (χ0) is 15.1. The Balaban J connectivity index is 2.65. The molecule has 1 aromatic rings. The molecule has 1 atom stereocenters. The summed E-state index contributed by atoms with van der Waals surface area (Å²) in [6, 6.07) is 5.55. The van der Waals surface area contributed by atoms with Crippen molar-refractivity contribution >= 4 is 21.8 Å². The second-order valence-electron chi connectivity index (χ2n) is 4.73. The Labute approximate surface area is 128 Å². The molecule has 0 aliphatic rings. The van der Waals surface area contributed by atoms with Crippen LogP contribution in [0.1, 0.15) is 45.3 Å². The molecular weight excluding hydrogens is 322 g/mol. The van der Waals surface area contributed by atoms with Crippen LogP contribution in [0.4, 0.5) is 0 Å². The van der Waals surface area contributed by atoms with Gasteiger partial charge in [-0.2, -0.15) is 0 Å². The Morgan fingerprint density at radius 2 is 2.05 bits per heavy atom. The Morgan fingerprint density at radius 3 is 2.60 bits per heavy atom. The number of amides is 1. The van der Waals surface area contributed by atoms with Crippen LogP contribution in [-0.2, 0) is 4.79 Å². The van der Waals surface area contributed by atoms with Crippen LogP contribution in [0.15, 0.2) is 22.7 Å². The molecule has 0 heterocycles. The van der Waals surface area contributed by atoms with Gasteiger partial charge < -0.3 is 15.2 Å². The quantitative estimate of drug-likeness (QED) is 0.799. The minimum atomic E-state index is -0.639. The van der Waals surface area contributed by atoms with E-state index in [1.807, 2.05) is 19.9 Å². The third kappa shape index (κ3) is 5.13. The van der Waals surface area contributed by atoms with E-state index in [0.29, 0.717) is 11.3 Å². The number of ether oxygens (including phenoxy) is 1. The number of hydrogen-bond acceptors (Lipinski definition) is 3. The smallest absolute Gasteiger partial charge is 0.258 e. The van der Waals surface area contributed by atoms with E-state index in [0.717, 1.165) is 17.3 Å². The maximum Gasteiger partial charge on any atom is 0.258 e. The molecule has 112 valence electrons. The number of benzene rings is 1. The van der Waals surface area contributed by atoms with Crippen molar-refractivity contribution in [1.82, 2.24) is 5.32 Å². The zero-order valence-corrected chi connectivity index (χ0v) is 13.7. The largest absolute Gasteiger partial charge is 0.483 e. The first-order chi connectivity index (χ1) is 9.47. The van der Waals surface area contributed by atoms with Gasteiger partial charge in [-0.3, -0.25) is 4.79 Å². The summed E-state index contributed by atoms with van der Waals surface area (Å²) >= 11 is 3.35. The lowest BCUT2D eigenvalue weighted by atomic mass is 10.1. The van der Waals surface area contributed by atoms with Gasteiger partial charge in [0.25, 0.3) is 5.91 Å². The number of carbonyl (C=O) groups excluding carboxylic acids is 1. The molecular formula is C15H22BrNO3. The highest BCUT2D eigenvalue weighted by atomic mass is 79.9. The van der Waals surface area contributed by atoms with Gasteiger partial charge in [0.2, 0.25) is 0 Å². The monoisotopic (exact) mass is 343 g/mol. The number of aliphatic hydroxyl groups is 1. The molecule has 1 unspecified atom stereocenters. The number of hydrogen-bond donors (Lipinski definition) is 2. The third-order valence-corrected chi connectivity index (χ3v) is 3.63. The van der Waals surface area contributed by atoms with Crippen LogP contribution in [0.5, 0.6) is 5.75 Å². The molecule has 1 amide bonds. The summed E-state index contributed by atoms with van der Waals surface area (Å²) in [4.78, 5) is 11.8. The van der Waals surface area contributed by atoms with Gasteiger partial charge >= 0.3 is 0 Å². The summed E-state index contributed by atoms with van der Waals surface area (Å²) in [5.41, 5.74) is 0.670. The van der Waals surface area contributed by atoms with E-state index in [1.54, 1.807) is 19.1 Å². The zero-order valence-electron chi connectivity index (χ0n) is 12.1. The minimum absolute atomic E-state index is 0.0489. The van der Waals surface area contributed by atoms with E-state index < -0.39 is 6.10 Å². The van der Waals surface area contributed by atoms with Crippen LogP contribution in [0.2, 0.25) is 0 Å². The lowest BCUT2D eigenvalue weighted by Crippen LogP contribution is -2.37. The first kappa shape index (κ1) is 17.0. The van der Waals surface area contributed by atoms with Crippen molar-refractivity contribution < 1.29 is 14.6 Å². The molecule has 1 rings (SSSR count). The summed E-state index contributed by atoms with van der Waals surface area (Å²) in [5.74, 6) is 0.379. The summed E-state index contributed by atoms with van der Waals surface area (Å²) in [6.07, 6.45) is 1.16. The lowest BCUT2D eigenvalue weighted by Gasteiger charge is -2.17. The standard InChI is InChI=1S/C15H22BrNO3/c1-4-12(5-2)17-15(19)9-20-14-8-11(16)6-7-13(14)10(3)18/h6-8,10,12,18H,4-5,9H2,1-3H3,(H,17,19). The van der Waals surface area contributed by atoms with Crippen LogP contribution < -0.4 is 10.1 Å². The summed E-state index contributed by atoms with van der Waals surface area (Å²) in [6.45, 7) is 5.69. The molecule has 5 heteroatoms. The first-order valence-electron chi connectivity index (χ1n) is 6.87. The van der Waals surface area contributed by atoms with Crippen LogP contribution in [0.25, 0.3) is 0 Å². The Morgan fingerprint density at radius 1 is 1.40 bits per heavy atom. The molecule has 0 radical (unpaired) electrons. The van der Waals surface area contributed by atoms with Gasteiger partial charge in [-0.1, -0.05) is 35.8 Å². The van der Waals surface area contributed by atoms with Crippen molar-refractivity contribution in [3.63, 3.8) is 0 Å². The van der Waals surface area contributed by atoms with Crippen LogP contribution in [0, 0.1) is 0 Å². The van der Waals surface area contributed by atoms with E-state index >= 15 is 0 Å². The maximum atomic E-state index is 11.8. The number of halogens is 1. The van der Waals surface area contributed by atoms with Crippen molar-refractivity contribution in [2.24, 2.45) is 0 Å². The molecule has 0 aromatic heterocycles. The van der Waals surface area contributed by atoms with Crippen LogP contribution >= 0.6 is 15.9 Å². The van der Waals surface area contributed by atoms with Crippen molar-refractivity contribution in [2.75, 3.05) is 6.61 Å². The molecule has 1 aromatic carbocycles. The van der Waals surface area contributed by atoms with Crippen molar-refractivity contribution in [3.05, 3.63) is 28.2 Å². The van der Waals surface area contributed by atoms with Crippen molar-refractivity contribution in [1.29, 1.82) is 0 Å².